The van der Waals surface area contributed by atoms with Crippen LogP contribution >= 0.6 is 11.8 Å². The molecule has 35 heavy (non-hydrogen) atoms. The van der Waals surface area contributed by atoms with Crippen LogP contribution in [0.5, 0.6) is 11.5 Å². The highest BCUT2D eigenvalue weighted by Gasteiger charge is 2.21. The third-order valence-corrected chi connectivity index (χ3v) is 6.47. The van der Waals surface area contributed by atoms with Crippen LogP contribution in [0.4, 0.5) is 5.69 Å². The van der Waals surface area contributed by atoms with Crippen LogP contribution in [0.3, 0.4) is 0 Å². The van der Waals surface area contributed by atoms with Gasteiger partial charge in [0, 0.05) is 28.5 Å². The first-order chi connectivity index (χ1) is 17.0. The molecule has 0 fully saturated rings. The van der Waals surface area contributed by atoms with Gasteiger partial charge in [-0.15, -0.1) is 10.2 Å². The number of aromatic nitrogens is 3. The van der Waals surface area contributed by atoms with Crippen molar-refractivity contribution in [2.45, 2.75) is 17.5 Å². The molecule has 0 radical (unpaired) electrons. The van der Waals surface area contributed by atoms with Gasteiger partial charge in [-0.25, -0.2) is 0 Å². The molecule has 0 unspecified atom stereocenters. The highest BCUT2D eigenvalue weighted by atomic mass is 32.2. The summed E-state index contributed by atoms with van der Waals surface area (Å²) in [5.41, 5.74) is 7.50. The zero-order valence-corrected chi connectivity index (χ0v) is 19.1. The number of thioether (sulfide) groups is 1. The fourth-order valence-corrected chi connectivity index (χ4v) is 4.65. The van der Waals surface area contributed by atoms with Crippen molar-refractivity contribution >= 4 is 23.4 Å². The van der Waals surface area contributed by atoms with Gasteiger partial charge in [0.1, 0.15) is 0 Å². The first-order valence-electron chi connectivity index (χ1n) is 10.6. The molecule has 0 bridgehead atoms. The average molecular weight is 490 g/mol. The van der Waals surface area contributed by atoms with Gasteiger partial charge in [-0.05, 0) is 23.8 Å². The number of benzene rings is 3. The first kappa shape index (κ1) is 22.4. The van der Waals surface area contributed by atoms with E-state index in [4.69, 9.17) is 15.2 Å². The summed E-state index contributed by atoms with van der Waals surface area (Å²) in [7, 11) is 0. The number of rotatable bonds is 8. The number of hydrogen-bond acceptors (Lipinski definition) is 8. The maximum atomic E-state index is 11.6. The second kappa shape index (κ2) is 9.47. The molecule has 10 nitrogen and oxygen atoms in total. The van der Waals surface area contributed by atoms with E-state index in [1.54, 1.807) is 6.07 Å². The Balaban J connectivity index is 1.47. The summed E-state index contributed by atoms with van der Waals surface area (Å²) in [5, 5.41) is 21.0. The van der Waals surface area contributed by atoms with Crippen molar-refractivity contribution in [2.75, 3.05) is 6.79 Å². The van der Waals surface area contributed by atoms with Gasteiger partial charge in [-0.1, -0.05) is 54.2 Å². The number of ether oxygens (including phenoxy) is 2. The van der Waals surface area contributed by atoms with Crippen LogP contribution < -0.4 is 15.2 Å². The van der Waals surface area contributed by atoms with E-state index in [2.05, 4.69) is 10.2 Å². The predicted molar refractivity (Wildman–Crippen MR) is 128 cm³/mol. The smallest absolute Gasteiger partial charge is 0.274 e. The van der Waals surface area contributed by atoms with E-state index in [1.165, 1.54) is 23.9 Å². The van der Waals surface area contributed by atoms with Gasteiger partial charge in [0.15, 0.2) is 22.5 Å². The third-order valence-electron chi connectivity index (χ3n) is 5.45. The number of fused-ring (bicyclic) bond motifs is 1. The van der Waals surface area contributed by atoms with Crippen molar-refractivity contribution in [1.82, 2.24) is 14.8 Å². The van der Waals surface area contributed by atoms with Crippen molar-refractivity contribution < 1.29 is 19.2 Å². The third kappa shape index (κ3) is 4.66. The number of nitrogens with zero attached hydrogens (tertiary/aromatic N) is 4. The molecule has 3 aromatic carbocycles. The van der Waals surface area contributed by atoms with Gasteiger partial charge in [0.05, 0.1) is 11.5 Å². The second-order valence-electron chi connectivity index (χ2n) is 7.70. The number of carbonyl (C=O) groups is 1. The Morgan fingerprint density at radius 3 is 2.63 bits per heavy atom. The number of nitro groups is 1. The van der Waals surface area contributed by atoms with Crippen molar-refractivity contribution in [3.8, 4) is 22.9 Å². The first-order valence-corrected chi connectivity index (χ1v) is 11.6. The summed E-state index contributed by atoms with van der Waals surface area (Å²) >= 11 is 1.32. The minimum atomic E-state index is -0.719. The quantitative estimate of drug-likeness (QED) is 0.223. The fourth-order valence-electron chi connectivity index (χ4n) is 3.71. The summed E-state index contributed by atoms with van der Waals surface area (Å²) in [6.45, 7) is 0.647. The molecule has 5 rings (SSSR count). The van der Waals surface area contributed by atoms with E-state index >= 15 is 0 Å². The van der Waals surface area contributed by atoms with E-state index in [1.807, 2.05) is 53.1 Å². The van der Waals surface area contributed by atoms with Gasteiger partial charge in [-0.3, -0.25) is 19.5 Å². The Kier molecular flexibility index (Phi) is 6.06. The van der Waals surface area contributed by atoms with Crippen molar-refractivity contribution in [1.29, 1.82) is 0 Å². The summed E-state index contributed by atoms with van der Waals surface area (Å²) < 4.78 is 12.9. The van der Waals surface area contributed by atoms with Crippen molar-refractivity contribution in [3.63, 3.8) is 0 Å². The van der Waals surface area contributed by atoms with E-state index in [0.717, 1.165) is 11.1 Å². The molecule has 0 saturated heterocycles. The fraction of sp³-hybridized carbons (Fsp3) is 0.125. The van der Waals surface area contributed by atoms with Crippen LogP contribution in [0.25, 0.3) is 11.4 Å². The van der Waals surface area contributed by atoms with E-state index in [9.17, 15) is 14.9 Å². The SMILES string of the molecule is NC(=O)c1ccc(CSc2nnc(-c3ccccc3)n2Cc2ccc3c(c2)OCO3)c([N+](=O)[O-])c1. The summed E-state index contributed by atoms with van der Waals surface area (Å²) in [4.78, 5) is 22.5. The molecule has 1 amide bonds. The molecular formula is C24H19N5O5S. The maximum absolute atomic E-state index is 11.6. The minimum absolute atomic E-state index is 0.0859. The lowest BCUT2D eigenvalue weighted by Gasteiger charge is -2.11. The summed E-state index contributed by atoms with van der Waals surface area (Å²) in [6.07, 6.45) is 0. The molecule has 0 saturated carbocycles. The van der Waals surface area contributed by atoms with Crippen LogP contribution in [0, 0.1) is 10.1 Å². The molecule has 1 aromatic heterocycles. The maximum Gasteiger partial charge on any atom is 0.274 e. The van der Waals surface area contributed by atoms with Crippen LogP contribution in [0.1, 0.15) is 21.5 Å². The molecule has 1 aliphatic heterocycles. The van der Waals surface area contributed by atoms with Crippen LogP contribution in [-0.4, -0.2) is 32.4 Å². The molecule has 2 N–H and O–H groups in total. The Labute approximate surface area is 203 Å². The molecule has 4 aromatic rings. The predicted octanol–water partition coefficient (Wildman–Crippen LogP) is 4.02. The zero-order valence-electron chi connectivity index (χ0n) is 18.3. The van der Waals surface area contributed by atoms with Gasteiger partial charge in [-0.2, -0.15) is 0 Å². The molecule has 11 heteroatoms. The molecule has 2 heterocycles. The lowest BCUT2D eigenvalue weighted by Crippen LogP contribution is -2.11. The average Bonchev–Trinajstić information content (AvgIpc) is 3.49. The summed E-state index contributed by atoms with van der Waals surface area (Å²) in [5.74, 6) is 1.58. The number of primary amides is 1. The Morgan fingerprint density at radius 2 is 1.86 bits per heavy atom. The monoisotopic (exact) mass is 489 g/mol. The molecule has 0 aliphatic carbocycles. The molecule has 0 spiro atoms. The Hall–Kier alpha value is -4.38. The number of nitro benzene ring substituents is 1. The van der Waals surface area contributed by atoms with Crippen molar-refractivity contribution in [3.05, 3.63) is 93.5 Å². The number of nitrogens with two attached hydrogens (primary N) is 1. The lowest BCUT2D eigenvalue weighted by atomic mass is 10.1. The standard InChI is InChI=1S/C24H19N5O5S/c25-22(30)17-7-8-18(19(11-17)29(31)32)13-35-24-27-26-23(16-4-2-1-3-5-16)28(24)12-15-6-9-20-21(10-15)34-14-33-20/h1-11H,12-14H2,(H2,25,30). The highest BCUT2D eigenvalue weighted by Crippen LogP contribution is 2.34. The van der Waals surface area contributed by atoms with Crippen LogP contribution in [-0.2, 0) is 12.3 Å². The van der Waals surface area contributed by atoms with Gasteiger partial charge < -0.3 is 15.2 Å². The second-order valence-corrected chi connectivity index (χ2v) is 8.64. The van der Waals surface area contributed by atoms with E-state index < -0.39 is 10.8 Å². The molecular weight excluding hydrogens is 470 g/mol. The normalized spacial score (nSPS) is 12.0. The highest BCUT2D eigenvalue weighted by molar-refractivity contribution is 7.98. The van der Waals surface area contributed by atoms with E-state index in [-0.39, 0.29) is 23.8 Å². The van der Waals surface area contributed by atoms with Crippen LogP contribution in [0.2, 0.25) is 0 Å². The topological polar surface area (TPSA) is 135 Å². The van der Waals surface area contributed by atoms with Gasteiger partial charge >= 0.3 is 0 Å². The lowest BCUT2D eigenvalue weighted by molar-refractivity contribution is -0.385. The van der Waals surface area contributed by atoms with Crippen molar-refractivity contribution in [2.24, 2.45) is 5.73 Å². The minimum Gasteiger partial charge on any atom is -0.454 e. The largest absolute Gasteiger partial charge is 0.454 e. The molecule has 176 valence electrons. The zero-order chi connectivity index (χ0) is 24.4. The number of carbonyl (C=O) groups excluding carboxylic acids is 1. The summed E-state index contributed by atoms with van der Waals surface area (Å²) in [6, 6.07) is 19.6. The molecule has 0 atom stereocenters. The number of amides is 1. The number of hydrogen-bond donors (Lipinski definition) is 1. The van der Waals surface area contributed by atoms with Gasteiger partial charge in [0.25, 0.3) is 5.69 Å². The Bertz CT molecular complexity index is 1420. The molecule has 1 aliphatic rings. The Morgan fingerprint density at radius 1 is 1.06 bits per heavy atom. The van der Waals surface area contributed by atoms with E-state index in [0.29, 0.717) is 34.6 Å². The van der Waals surface area contributed by atoms with Gasteiger partial charge in [0.2, 0.25) is 12.7 Å². The van der Waals surface area contributed by atoms with Crippen LogP contribution in [0.15, 0.2) is 71.9 Å².